The van der Waals surface area contributed by atoms with Gasteiger partial charge in [0.25, 0.3) is 0 Å². The van der Waals surface area contributed by atoms with Gasteiger partial charge in [0.1, 0.15) is 6.54 Å². The lowest BCUT2D eigenvalue weighted by molar-refractivity contribution is 0.0638. The molecule has 0 aliphatic rings. The molecule has 0 aromatic heterocycles. The Kier molecular flexibility index (Phi) is 6.13. The highest BCUT2D eigenvalue weighted by Crippen LogP contribution is 2.26. The lowest BCUT2D eigenvalue weighted by Gasteiger charge is -2.23. The summed E-state index contributed by atoms with van der Waals surface area (Å²) in [6, 6.07) is 9.11. The van der Waals surface area contributed by atoms with E-state index in [4.69, 9.17) is 28.5 Å². The molecule has 1 aromatic rings. The average Bonchev–Trinajstić information content (AvgIpc) is 2.38. The summed E-state index contributed by atoms with van der Waals surface area (Å²) >= 11 is 6.07. The predicted octanol–water partition coefficient (Wildman–Crippen LogP) is 1.87. The Morgan fingerprint density at radius 2 is 2.35 bits per heavy atom. The summed E-state index contributed by atoms with van der Waals surface area (Å²) in [5.41, 5.74) is 8.16. The molecule has 0 heterocycles. The molecule has 1 aromatic carbocycles. The first-order chi connectivity index (χ1) is 9.58. The maximum atomic E-state index is 11.0. The van der Waals surface area contributed by atoms with E-state index in [0.29, 0.717) is 10.6 Å². The van der Waals surface area contributed by atoms with E-state index in [1.54, 1.807) is 24.3 Å². The van der Waals surface area contributed by atoms with E-state index < -0.39 is 12.2 Å². The summed E-state index contributed by atoms with van der Waals surface area (Å²) in [5, 5.41) is 9.01. The van der Waals surface area contributed by atoms with Crippen LogP contribution in [0, 0.1) is 12.5 Å². The van der Waals surface area contributed by atoms with Crippen molar-refractivity contribution >= 4 is 17.7 Å². The topological polar surface area (TPSA) is 92.3 Å². The second-order valence-corrected chi connectivity index (χ2v) is 3.98. The summed E-state index contributed by atoms with van der Waals surface area (Å²) in [4.78, 5) is 11.0. The van der Waals surface area contributed by atoms with Gasteiger partial charge in [0.05, 0.1) is 7.05 Å². The summed E-state index contributed by atoms with van der Waals surface area (Å²) in [5.74, 6) is 0. The van der Waals surface area contributed by atoms with Crippen LogP contribution in [0.1, 0.15) is 11.7 Å². The third kappa shape index (κ3) is 4.66. The third-order valence-electron chi connectivity index (χ3n) is 2.24. The van der Waals surface area contributed by atoms with Crippen LogP contribution in [0.5, 0.6) is 0 Å². The molecule has 1 rings (SSSR count). The van der Waals surface area contributed by atoms with Crippen LogP contribution in [0.2, 0.25) is 5.02 Å². The number of hydrogen-bond acceptors (Lipinski definition) is 5. The number of halogens is 1. The molecule has 0 saturated carbocycles. The molecule has 1 unspecified atom stereocenters. The lowest BCUT2D eigenvalue weighted by atomic mass is 10.1. The van der Waals surface area contributed by atoms with Crippen LogP contribution < -0.4 is 11.2 Å². The molecular weight excluding hydrogens is 282 g/mol. The quantitative estimate of drug-likeness (QED) is 0.363. The number of terminal acetylenes is 1. The Balaban J connectivity index is 2.98. The van der Waals surface area contributed by atoms with Gasteiger partial charge in [-0.25, -0.2) is 10.2 Å². The number of hydrazine groups is 1. The number of hydrogen-bond donors (Lipinski definition) is 2. The van der Waals surface area contributed by atoms with Crippen LogP contribution in [0.15, 0.2) is 34.6 Å². The largest absolute Gasteiger partial charge is 0.439 e. The molecule has 106 valence electrons. The summed E-state index contributed by atoms with van der Waals surface area (Å²) in [6.45, 7) is 0.0915. The first-order valence-electron chi connectivity index (χ1n) is 5.57. The van der Waals surface area contributed by atoms with Crippen molar-refractivity contribution in [3.05, 3.63) is 34.9 Å². The van der Waals surface area contributed by atoms with Gasteiger partial charge in [-0.05, 0) is 6.07 Å². The first kappa shape index (κ1) is 15.6. The van der Waals surface area contributed by atoms with E-state index >= 15 is 0 Å². The zero-order valence-electron chi connectivity index (χ0n) is 10.8. The normalized spacial score (nSPS) is 11.7. The highest BCUT2D eigenvalue weighted by molar-refractivity contribution is 6.31. The van der Waals surface area contributed by atoms with Gasteiger partial charge in [-0.1, -0.05) is 41.4 Å². The van der Waals surface area contributed by atoms with Crippen molar-refractivity contribution in [1.82, 2.24) is 10.5 Å². The summed E-state index contributed by atoms with van der Waals surface area (Å²) < 4.78 is 5.04. The van der Waals surface area contributed by atoms with Crippen molar-refractivity contribution in [3.63, 3.8) is 0 Å². The Labute approximate surface area is 121 Å². The smallest absolute Gasteiger partial charge is 0.405 e. The Morgan fingerprint density at radius 1 is 1.65 bits per heavy atom. The van der Waals surface area contributed by atoms with Gasteiger partial charge >= 0.3 is 6.09 Å². The van der Waals surface area contributed by atoms with E-state index in [2.05, 4.69) is 21.8 Å². The number of nitrogens with two attached hydrogens (primary N) is 1. The number of ether oxygens (including phenoxy) is 1. The zero-order chi connectivity index (χ0) is 15.0. The van der Waals surface area contributed by atoms with Crippen LogP contribution in [0.25, 0.3) is 0 Å². The molecular formula is C12H14ClN5O2. The second kappa shape index (κ2) is 7.86. The van der Waals surface area contributed by atoms with Crippen LogP contribution in [0.4, 0.5) is 4.79 Å². The fourth-order valence-electron chi connectivity index (χ4n) is 1.52. The Bertz CT molecular complexity index is 529. The van der Waals surface area contributed by atoms with E-state index in [0.717, 1.165) is 0 Å². The molecule has 1 atom stereocenters. The van der Waals surface area contributed by atoms with Gasteiger partial charge in [-0.2, -0.15) is 10.2 Å². The predicted molar refractivity (Wildman–Crippen MR) is 74.3 cm³/mol. The van der Waals surface area contributed by atoms with Gasteiger partial charge < -0.3 is 10.5 Å². The molecule has 0 spiro atoms. The number of nitrogens with one attached hydrogen (secondary N) is 1. The number of primary amides is 1. The third-order valence-corrected chi connectivity index (χ3v) is 2.58. The number of rotatable bonds is 6. The molecule has 7 nitrogen and oxygen atoms in total. The molecule has 0 fully saturated rings. The highest BCUT2D eigenvalue weighted by Gasteiger charge is 2.21. The standard InChI is InChI=1S/C12H14ClN5O2/c1-3-16-18(17-15-2)8-11(20-12(14)19)9-6-4-5-7-10(9)13/h1,4-7,11,16H,8H2,2H3,(H2,14,19)/b17-15-. The minimum atomic E-state index is -0.927. The number of benzene rings is 1. The number of carbonyl (C=O) groups is 1. The van der Waals surface area contributed by atoms with E-state index in [1.165, 1.54) is 12.2 Å². The molecule has 0 saturated heterocycles. The van der Waals surface area contributed by atoms with Crippen molar-refractivity contribution in [2.75, 3.05) is 13.6 Å². The Hall–Kier alpha value is -2.46. The molecule has 0 aliphatic carbocycles. The average molecular weight is 296 g/mol. The number of carbonyl (C=O) groups excluding carboxylic acids is 1. The van der Waals surface area contributed by atoms with E-state index in [-0.39, 0.29) is 6.54 Å². The van der Waals surface area contributed by atoms with Crippen LogP contribution in [0.3, 0.4) is 0 Å². The fraction of sp³-hybridized carbons (Fsp3) is 0.250. The molecule has 0 bridgehead atoms. The van der Waals surface area contributed by atoms with Gasteiger partial charge in [0.15, 0.2) is 6.10 Å². The maximum Gasteiger partial charge on any atom is 0.405 e. The minimum absolute atomic E-state index is 0.0915. The van der Waals surface area contributed by atoms with Crippen molar-refractivity contribution < 1.29 is 9.53 Å². The van der Waals surface area contributed by atoms with Crippen molar-refractivity contribution in [1.29, 1.82) is 0 Å². The molecule has 1 amide bonds. The maximum absolute atomic E-state index is 11.0. The SMILES string of the molecule is C#CNN(CC(OC(N)=O)c1ccccc1Cl)/N=N\C. The van der Waals surface area contributed by atoms with Crippen LogP contribution >= 0.6 is 11.6 Å². The highest BCUT2D eigenvalue weighted by atomic mass is 35.5. The number of nitrogens with zero attached hydrogens (tertiary/aromatic N) is 3. The molecule has 20 heavy (non-hydrogen) atoms. The Morgan fingerprint density at radius 3 is 2.90 bits per heavy atom. The van der Waals surface area contributed by atoms with Crippen LogP contribution in [-0.2, 0) is 4.74 Å². The van der Waals surface area contributed by atoms with Gasteiger partial charge in [0.2, 0.25) is 0 Å². The monoisotopic (exact) mass is 295 g/mol. The van der Waals surface area contributed by atoms with E-state index in [9.17, 15) is 4.79 Å². The summed E-state index contributed by atoms with van der Waals surface area (Å²) in [6.07, 6.45) is 3.47. The lowest BCUT2D eigenvalue weighted by Crippen LogP contribution is -2.35. The van der Waals surface area contributed by atoms with Crippen molar-refractivity contribution in [3.8, 4) is 12.5 Å². The van der Waals surface area contributed by atoms with Gasteiger partial charge in [0, 0.05) is 16.6 Å². The van der Waals surface area contributed by atoms with Gasteiger partial charge in [-0.15, -0.1) is 0 Å². The molecule has 0 radical (unpaired) electrons. The molecule has 8 heteroatoms. The zero-order valence-corrected chi connectivity index (χ0v) is 11.5. The van der Waals surface area contributed by atoms with Crippen molar-refractivity contribution in [2.45, 2.75) is 6.10 Å². The van der Waals surface area contributed by atoms with Gasteiger partial charge in [-0.3, -0.25) is 0 Å². The number of amides is 1. The van der Waals surface area contributed by atoms with Crippen LogP contribution in [-0.4, -0.2) is 24.8 Å². The second-order valence-electron chi connectivity index (χ2n) is 3.57. The molecule has 0 aliphatic heterocycles. The fourth-order valence-corrected chi connectivity index (χ4v) is 1.78. The molecule has 3 N–H and O–H groups in total. The minimum Gasteiger partial charge on any atom is -0.439 e. The van der Waals surface area contributed by atoms with Crippen molar-refractivity contribution in [2.24, 2.45) is 16.1 Å². The van der Waals surface area contributed by atoms with E-state index in [1.807, 2.05) is 0 Å². The summed E-state index contributed by atoms with van der Waals surface area (Å²) in [7, 11) is 1.48. The first-order valence-corrected chi connectivity index (χ1v) is 5.95.